The molecule has 6 rings (SSSR count). The highest BCUT2D eigenvalue weighted by atomic mass is 17.3. The van der Waals surface area contributed by atoms with Crippen molar-refractivity contribution in [2.24, 2.45) is 23.7 Å². The third-order valence-corrected chi connectivity index (χ3v) is 8.57. The van der Waals surface area contributed by atoms with Gasteiger partial charge in [-0.1, -0.05) is 32.9 Å². The number of hydrogen-bond acceptors (Lipinski definition) is 5. The van der Waals surface area contributed by atoms with Crippen molar-refractivity contribution in [1.82, 2.24) is 0 Å². The highest BCUT2D eigenvalue weighted by Crippen LogP contribution is 2.60. The van der Waals surface area contributed by atoms with Crippen LogP contribution in [0.3, 0.4) is 0 Å². The van der Waals surface area contributed by atoms with Crippen molar-refractivity contribution in [3.63, 3.8) is 0 Å². The maximum Gasteiger partial charge on any atom is 0.224 e. The molecule has 176 valence electrons. The molecule has 1 aromatic rings. The highest BCUT2D eigenvalue weighted by Gasteiger charge is 2.69. The van der Waals surface area contributed by atoms with Crippen LogP contribution in [0.2, 0.25) is 0 Å². The van der Waals surface area contributed by atoms with Crippen LogP contribution in [0.15, 0.2) is 24.3 Å². The van der Waals surface area contributed by atoms with Crippen molar-refractivity contribution in [3.8, 4) is 0 Å². The second-order valence-electron chi connectivity index (χ2n) is 10.6. The predicted molar refractivity (Wildman–Crippen MR) is 121 cm³/mol. The fraction of sp³-hybridized carbons (Fsp3) is 0.731. The van der Waals surface area contributed by atoms with Gasteiger partial charge in [0.05, 0.1) is 6.10 Å². The monoisotopic (exact) mass is 443 g/mol. The van der Waals surface area contributed by atoms with Crippen LogP contribution in [0.1, 0.15) is 71.8 Å². The Morgan fingerprint density at radius 3 is 2.81 bits per heavy atom. The van der Waals surface area contributed by atoms with E-state index in [1.165, 1.54) is 12.0 Å². The maximum atomic E-state index is 12.7. The van der Waals surface area contributed by atoms with Crippen LogP contribution < -0.4 is 5.32 Å². The molecular formula is C26H37NO5. The quantitative estimate of drug-likeness (QED) is 0.632. The van der Waals surface area contributed by atoms with Crippen LogP contribution in [0.4, 0.5) is 5.69 Å². The second-order valence-corrected chi connectivity index (χ2v) is 10.6. The van der Waals surface area contributed by atoms with Crippen LogP contribution in [-0.2, 0) is 30.5 Å². The summed E-state index contributed by atoms with van der Waals surface area (Å²) in [4.78, 5) is 24.8. The summed E-state index contributed by atoms with van der Waals surface area (Å²) >= 11 is 0. The molecule has 0 aromatic heterocycles. The lowest BCUT2D eigenvalue weighted by Gasteiger charge is -2.60. The summed E-state index contributed by atoms with van der Waals surface area (Å²) in [6.07, 6.45) is 5.68. The Kier molecular flexibility index (Phi) is 5.85. The minimum Gasteiger partial charge on any atom is -0.346 e. The lowest BCUT2D eigenvalue weighted by atomic mass is 9.57. The number of hydrogen-bond donors (Lipinski definition) is 1. The molecule has 1 amide bonds. The fourth-order valence-electron chi connectivity index (χ4n) is 6.67. The van der Waals surface area contributed by atoms with Crippen LogP contribution in [0.5, 0.6) is 0 Å². The number of aryl methyl sites for hydroxylation is 1. The summed E-state index contributed by atoms with van der Waals surface area (Å²) in [6, 6.07) is 8.05. The Hall–Kier alpha value is -1.47. The first-order chi connectivity index (χ1) is 15.3. The molecule has 1 aromatic carbocycles. The Bertz CT molecular complexity index is 860. The SMILES string of the molecule is CCc1cccc(NC(=O)CC[C@H]2O[C@@H]3O[C@]4(C)CC[C@H]5[C@H](C)CC[C@@H]([C@H]2C)[C@@]35OO4)c1. The standard InChI is InChI=1S/C26H37NO5/c1-5-18-7-6-8-19(15-18)27-23(28)12-11-22-17(3)21-10-9-16(2)20-13-14-25(4)30-24(29-22)26(20,21)32-31-25/h6-8,15-17,20-22,24H,5,9-14H2,1-4H3,(H,27,28)/t16-,17-,20+,21+,22-,24-,25+,26-/m1/s1. The molecule has 32 heavy (non-hydrogen) atoms. The summed E-state index contributed by atoms with van der Waals surface area (Å²) in [6.45, 7) is 8.64. The maximum absolute atomic E-state index is 12.7. The summed E-state index contributed by atoms with van der Waals surface area (Å²) in [5, 5.41) is 3.05. The molecule has 2 bridgehead atoms. The summed E-state index contributed by atoms with van der Waals surface area (Å²) in [5.74, 6) is 0.766. The molecule has 6 heteroatoms. The van der Waals surface area contributed by atoms with Gasteiger partial charge in [-0.15, -0.1) is 0 Å². The van der Waals surface area contributed by atoms with Gasteiger partial charge in [-0.3, -0.25) is 4.79 Å². The van der Waals surface area contributed by atoms with Gasteiger partial charge in [0.1, 0.15) is 0 Å². The van der Waals surface area contributed by atoms with Crippen molar-refractivity contribution in [3.05, 3.63) is 29.8 Å². The normalized spacial score (nSPS) is 42.8. The topological polar surface area (TPSA) is 66.0 Å². The van der Waals surface area contributed by atoms with E-state index >= 15 is 0 Å². The van der Waals surface area contributed by atoms with E-state index in [1.807, 2.05) is 25.1 Å². The third kappa shape index (κ3) is 3.69. The molecule has 8 atom stereocenters. The van der Waals surface area contributed by atoms with Crippen molar-refractivity contribution >= 4 is 11.6 Å². The van der Waals surface area contributed by atoms with E-state index in [9.17, 15) is 4.79 Å². The Balaban J connectivity index is 1.29. The number of ether oxygens (including phenoxy) is 2. The Morgan fingerprint density at radius 1 is 1.16 bits per heavy atom. The van der Waals surface area contributed by atoms with E-state index in [4.69, 9.17) is 19.2 Å². The first-order valence-electron chi connectivity index (χ1n) is 12.4. The van der Waals surface area contributed by atoms with Crippen LogP contribution in [0, 0.1) is 23.7 Å². The van der Waals surface area contributed by atoms with Gasteiger partial charge in [0.15, 0.2) is 11.9 Å². The number of fused-ring (bicyclic) bond motifs is 2. The zero-order valence-electron chi connectivity index (χ0n) is 19.8. The average Bonchev–Trinajstić information content (AvgIpc) is 3.01. The van der Waals surface area contributed by atoms with E-state index in [0.29, 0.717) is 30.6 Å². The van der Waals surface area contributed by atoms with Crippen molar-refractivity contribution < 1.29 is 24.0 Å². The molecule has 0 unspecified atom stereocenters. The third-order valence-electron chi connectivity index (χ3n) is 8.57. The largest absolute Gasteiger partial charge is 0.346 e. The van der Waals surface area contributed by atoms with Crippen LogP contribution in [-0.4, -0.2) is 29.7 Å². The molecule has 4 aliphatic heterocycles. The summed E-state index contributed by atoms with van der Waals surface area (Å²) < 4.78 is 13.0. The van der Waals surface area contributed by atoms with Crippen molar-refractivity contribution in [2.75, 3.05) is 5.32 Å². The number of nitrogens with one attached hydrogen (secondary N) is 1. The molecular weight excluding hydrogens is 406 g/mol. The number of carbonyl (C=O) groups is 1. The smallest absolute Gasteiger partial charge is 0.224 e. The first kappa shape index (κ1) is 22.3. The Labute approximate surface area is 191 Å². The molecule has 1 aliphatic carbocycles. The molecule has 5 fully saturated rings. The van der Waals surface area contributed by atoms with Gasteiger partial charge in [-0.25, -0.2) is 9.78 Å². The van der Waals surface area contributed by atoms with E-state index in [0.717, 1.165) is 31.4 Å². The molecule has 5 aliphatic rings. The summed E-state index contributed by atoms with van der Waals surface area (Å²) in [5.41, 5.74) is 1.54. The van der Waals surface area contributed by atoms with E-state index in [1.54, 1.807) is 0 Å². The molecule has 1 N–H and O–H groups in total. The fourth-order valence-corrected chi connectivity index (χ4v) is 6.67. The second kappa shape index (κ2) is 8.39. The zero-order valence-corrected chi connectivity index (χ0v) is 19.8. The van der Waals surface area contributed by atoms with E-state index < -0.39 is 17.7 Å². The van der Waals surface area contributed by atoms with Gasteiger partial charge in [-0.05, 0) is 74.5 Å². The van der Waals surface area contributed by atoms with Crippen LogP contribution >= 0.6 is 0 Å². The minimum atomic E-state index is -0.760. The van der Waals surface area contributed by atoms with Crippen LogP contribution in [0.25, 0.3) is 0 Å². The number of anilines is 1. The van der Waals surface area contributed by atoms with Gasteiger partial charge in [-0.2, -0.15) is 0 Å². The molecule has 6 nitrogen and oxygen atoms in total. The van der Waals surface area contributed by atoms with Gasteiger partial charge in [0.2, 0.25) is 11.7 Å². The summed E-state index contributed by atoms with van der Waals surface area (Å²) in [7, 11) is 0. The average molecular weight is 444 g/mol. The van der Waals surface area contributed by atoms with Gasteiger partial charge >= 0.3 is 0 Å². The number of amides is 1. The van der Waals surface area contributed by atoms with Crippen molar-refractivity contribution in [2.45, 2.75) is 96.4 Å². The highest BCUT2D eigenvalue weighted by molar-refractivity contribution is 5.90. The predicted octanol–water partition coefficient (Wildman–Crippen LogP) is 5.22. The van der Waals surface area contributed by atoms with Crippen molar-refractivity contribution in [1.29, 1.82) is 0 Å². The number of benzene rings is 1. The van der Waals surface area contributed by atoms with E-state index in [2.05, 4.69) is 32.2 Å². The first-order valence-corrected chi connectivity index (χ1v) is 12.4. The number of carbonyl (C=O) groups excluding carboxylic acids is 1. The molecule has 0 radical (unpaired) electrons. The van der Waals surface area contributed by atoms with Gasteiger partial charge in [0.25, 0.3) is 0 Å². The van der Waals surface area contributed by atoms with Gasteiger partial charge in [0, 0.05) is 24.4 Å². The van der Waals surface area contributed by atoms with Gasteiger partial charge < -0.3 is 14.8 Å². The lowest BCUT2D eigenvalue weighted by Crippen LogP contribution is -2.70. The number of rotatable bonds is 5. The lowest BCUT2D eigenvalue weighted by molar-refractivity contribution is -0.571. The Morgan fingerprint density at radius 2 is 2.00 bits per heavy atom. The molecule has 4 heterocycles. The van der Waals surface area contributed by atoms with E-state index in [-0.39, 0.29) is 17.9 Å². The molecule has 1 saturated carbocycles. The zero-order chi connectivity index (χ0) is 22.5. The minimum absolute atomic E-state index is 0.0272. The molecule has 1 spiro atoms. The molecule has 4 saturated heterocycles.